The molecule has 12 heavy (non-hydrogen) atoms. The van der Waals surface area contributed by atoms with Gasteiger partial charge in [0.05, 0.1) is 12.7 Å². The van der Waals surface area contributed by atoms with Crippen molar-refractivity contribution >= 4 is 11.3 Å². The summed E-state index contributed by atoms with van der Waals surface area (Å²) < 4.78 is 5.65. The third-order valence-electron chi connectivity index (χ3n) is 2.20. The van der Waals surface area contributed by atoms with Crippen LogP contribution in [0, 0.1) is 0 Å². The molecule has 66 valence electrons. The van der Waals surface area contributed by atoms with E-state index in [1.165, 1.54) is 11.1 Å². The molecular weight excluding hydrogens is 170 g/mol. The molecule has 1 aliphatic heterocycles. The van der Waals surface area contributed by atoms with Gasteiger partial charge in [-0.25, -0.2) is 0 Å². The van der Waals surface area contributed by atoms with Crippen LogP contribution in [0.25, 0.3) is 0 Å². The van der Waals surface area contributed by atoms with Gasteiger partial charge in [0.25, 0.3) is 0 Å². The largest absolute Gasteiger partial charge is 0.372 e. The van der Waals surface area contributed by atoms with Crippen molar-refractivity contribution in [3.05, 3.63) is 21.9 Å². The minimum atomic E-state index is 0.282. The molecule has 0 radical (unpaired) electrons. The van der Waals surface area contributed by atoms with Crippen LogP contribution < -0.4 is 5.32 Å². The number of ether oxygens (including phenoxy) is 1. The quantitative estimate of drug-likeness (QED) is 0.751. The minimum Gasteiger partial charge on any atom is -0.372 e. The van der Waals surface area contributed by atoms with Crippen LogP contribution in [0.1, 0.15) is 17.2 Å². The number of hydrogen-bond donors (Lipinski definition) is 1. The van der Waals surface area contributed by atoms with Gasteiger partial charge in [-0.05, 0) is 35.4 Å². The molecule has 0 saturated heterocycles. The Kier molecular flexibility index (Phi) is 2.44. The molecule has 0 aromatic carbocycles. The number of likely N-dealkylation sites (N-methyl/N-ethyl adjacent to an activating group) is 1. The summed E-state index contributed by atoms with van der Waals surface area (Å²) in [6.45, 7) is 1.79. The van der Waals surface area contributed by atoms with Crippen molar-refractivity contribution < 1.29 is 4.74 Å². The third-order valence-corrected chi connectivity index (χ3v) is 3.01. The van der Waals surface area contributed by atoms with Gasteiger partial charge < -0.3 is 10.1 Å². The maximum Gasteiger partial charge on any atom is 0.0959 e. The second-order valence-electron chi connectivity index (χ2n) is 3.02. The molecule has 2 nitrogen and oxygen atoms in total. The van der Waals surface area contributed by atoms with Crippen LogP contribution in [-0.4, -0.2) is 20.2 Å². The Morgan fingerprint density at radius 2 is 2.58 bits per heavy atom. The first-order chi connectivity index (χ1) is 5.92. The molecule has 0 spiro atoms. The Bertz CT molecular complexity index is 259. The van der Waals surface area contributed by atoms with Crippen molar-refractivity contribution in [1.29, 1.82) is 0 Å². The second kappa shape index (κ2) is 3.56. The van der Waals surface area contributed by atoms with Crippen LogP contribution in [0.4, 0.5) is 0 Å². The standard InChI is InChI=1S/C9H13NOS/c1-10-4-9-8-6-12-5-7(8)2-3-11-9/h5-6,9-10H,2-4H2,1H3. The summed E-state index contributed by atoms with van der Waals surface area (Å²) >= 11 is 1.78. The summed E-state index contributed by atoms with van der Waals surface area (Å²) in [6.07, 6.45) is 1.36. The lowest BCUT2D eigenvalue weighted by atomic mass is 10.0. The van der Waals surface area contributed by atoms with Gasteiger partial charge in [-0.15, -0.1) is 0 Å². The van der Waals surface area contributed by atoms with Crippen molar-refractivity contribution in [3.63, 3.8) is 0 Å². The van der Waals surface area contributed by atoms with E-state index in [9.17, 15) is 0 Å². The molecule has 2 heterocycles. The third kappa shape index (κ3) is 1.40. The molecule has 1 aromatic heterocycles. The lowest BCUT2D eigenvalue weighted by Crippen LogP contribution is -2.24. The monoisotopic (exact) mass is 183 g/mol. The smallest absolute Gasteiger partial charge is 0.0959 e. The van der Waals surface area contributed by atoms with E-state index in [4.69, 9.17) is 4.74 Å². The summed E-state index contributed by atoms with van der Waals surface area (Å²) in [4.78, 5) is 0. The molecule has 0 amide bonds. The fraction of sp³-hybridized carbons (Fsp3) is 0.556. The molecule has 1 unspecified atom stereocenters. The Morgan fingerprint density at radius 3 is 3.42 bits per heavy atom. The molecule has 1 atom stereocenters. The Hall–Kier alpha value is -0.380. The van der Waals surface area contributed by atoms with E-state index in [2.05, 4.69) is 16.1 Å². The van der Waals surface area contributed by atoms with Gasteiger partial charge in [0, 0.05) is 6.54 Å². The van der Waals surface area contributed by atoms with Crippen molar-refractivity contribution in [3.8, 4) is 0 Å². The van der Waals surface area contributed by atoms with Crippen LogP contribution >= 0.6 is 11.3 Å². The maximum absolute atomic E-state index is 5.65. The Labute approximate surface area is 76.6 Å². The average molecular weight is 183 g/mol. The van der Waals surface area contributed by atoms with Gasteiger partial charge in [-0.2, -0.15) is 11.3 Å². The molecule has 1 N–H and O–H groups in total. The molecule has 3 heteroatoms. The first-order valence-corrected chi connectivity index (χ1v) is 5.17. The van der Waals surface area contributed by atoms with E-state index in [0.29, 0.717) is 0 Å². The molecule has 1 aliphatic rings. The molecular formula is C9H13NOS. The SMILES string of the molecule is CNCC1OCCc2cscc21. The summed E-state index contributed by atoms with van der Waals surface area (Å²) in [7, 11) is 1.96. The zero-order chi connectivity index (χ0) is 8.39. The van der Waals surface area contributed by atoms with Crippen LogP contribution in [0.5, 0.6) is 0 Å². The second-order valence-corrected chi connectivity index (χ2v) is 3.76. The Morgan fingerprint density at radius 1 is 1.67 bits per heavy atom. The molecule has 0 saturated carbocycles. The summed E-state index contributed by atoms with van der Waals surface area (Å²) in [5.41, 5.74) is 2.87. The van der Waals surface area contributed by atoms with Gasteiger partial charge >= 0.3 is 0 Å². The van der Waals surface area contributed by atoms with Crippen molar-refractivity contribution in [2.75, 3.05) is 20.2 Å². The van der Waals surface area contributed by atoms with Gasteiger partial charge in [0.2, 0.25) is 0 Å². The van der Waals surface area contributed by atoms with Crippen molar-refractivity contribution in [1.82, 2.24) is 5.32 Å². The molecule has 0 aliphatic carbocycles. The van der Waals surface area contributed by atoms with Gasteiger partial charge in [0.1, 0.15) is 0 Å². The topological polar surface area (TPSA) is 21.3 Å². The highest BCUT2D eigenvalue weighted by Gasteiger charge is 2.20. The number of fused-ring (bicyclic) bond motifs is 1. The lowest BCUT2D eigenvalue weighted by molar-refractivity contribution is 0.0444. The van der Waals surface area contributed by atoms with E-state index >= 15 is 0 Å². The fourth-order valence-electron chi connectivity index (χ4n) is 1.57. The van der Waals surface area contributed by atoms with Crippen LogP contribution in [0.3, 0.4) is 0 Å². The number of hydrogen-bond acceptors (Lipinski definition) is 3. The zero-order valence-electron chi connectivity index (χ0n) is 7.17. The van der Waals surface area contributed by atoms with E-state index in [1.54, 1.807) is 11.3 Å². The predicted octanol–water partition coefficient (Wildman–Crippen LogP) is 1.58. The highest BCUT2D eigenvalue weighted by atomic mass is 32.1. The number of rotatable bonds is 2. The van der Waals surface area contributed by atoms with Gasteiger partial charge in [-0.3, -0.25) is 0 Å². The van der Waals surface area contributed by atoms with E-state index in [-0.39, 0.29) is 6.10 Å². The number of nitrogens with one attached hydrogen (secondary N) is 1. The molecule has 2 rings (SSSR count). The summed E-state index contributed by atoms with van der Waals surface area (Å²) in [5, 5.41) is 7.59. The number of thiophene rings is 1. The molecule has 1 aromatic rings. The first kappa shape index (κ1) is 8.23. The summed E-state index contributed by atoms with van der Waals surface area (Å²) in [5.74, 6) is 0. The van der Waals surface area contributed by atoms with E-state index < -0.39 is 0 Å². The van der Waals surface area contributed by atoms with Crippen molar-refractivity contribution in [2.24, 2.45) is 0 Å². The van der Waals surface area contributed by atoms with Gasteiger partial charge in [-0.1, -0.05) is 0 Å². The van der Waals surface area contributed by atoms with E-state index in [0.717, 1.165) is 19.6 Å². The molecule has 0 bridgehead atoms. The highest BCUT2D eigenvalue weighted by Crippen LogP contribution is 2.29. The van der Waals surface area contributed by atoms with Gasteiger partial charge in [0.15, 0.2) is 0 Å². The highest BCUT2D eigenvalue weighted by molar-refractivity contribution is 7.08. The zero-order valence-corrected chi connectivity index (χ0v) is 7.99. The van der Waals surface area contributed by atoms with E-state index in [1.807, 2.05) is 7.05 Å². The minimum absolute atomic E-state index is 0.282. The normalized spacial score (nSPS) is 22.2. The molecule has 0 fully saturated rings. The Balaban J connectivity index is 2.19. The first-order valence-electron chi connectivity index (χ1n) is 4.23. The summed E-state index contributed by atoms with van der Waals surface area (Å²) in [6, 6.07) is 0. The fourth-order valence-corrected chi connectivity index (χ4v) is 2.51. The van der Waals surface area contributed by atoms with Crippen LogP contribution in [-0.2, 0) is 11.2 Å². The predicted molar refractivity (Wildman–Crippen MR) is 50.6 cm³/mol. The maximum atomic E-state index is 5.65. The van der Waals surface area contributed by atoms with Crippen molar-refractivity contribution in [2.45, 2.75) is 12.5 Å². The van der Waals surface area contributed by atoms with Crippen LogP contribution in [0.2, 0.25) is 0 Å². The lowest BCUT2D eigenvalue weighted by Gasteiger charge is -2.23. The average Bonchev–Trinajstić information content (AvgIpc) is 2.53. The van der Waals surface area contributed by atoms with Crippen LogP contribution in [0.15, 0.2) is 10.8 Å².